The van der Waals surface area contributed by atoms with Gasteiger partial charge in [0.1, 0.15) is 25.2 Å². The van der Waals surface area contributed by atoms with Gasteiger partial charge in [-0.2, -0.15) is 0 Å². The summed E-state index contributed by atoms with van der Waals surface area (Å²) in [7, 11) is 2.56. The van der Waals surface area contributed by atoms with E-state index in [4.69, 9.17) is 0 Å². The Morgan fingerprint density at radius 3 is 2.28 bits per heavy atom. The molecule has 0 saturated heterocycles. The minimum absolute atomic E-state index is 0.0847. The molecule has 0 radical (unpaired) electrons. The number of carbonyl (C=O) groups excluding carboxylic acids is 2. The molecule has 0 N–H and O–H groups in total. The van der Waals surface area contributed by atoms with Crippen LogP contribution in [0.25, 0.3) is 0 Å². The van der Waals surface area contributed by atoms with E-state index in [1.807, 2.05) is 22.6 Å². The normalized spacial score (nSPS) is 9.72. The predicted molar refractivity (Wildman–Crippen MR) is 71.0 cm³/mol. The fourth-order valence-electron chi connectivity index (χ4n) is 1.19. The third-order valence-electron chi connectivity index (χ3n) is 2.04. The number of methoxy groups -OCH3 is 2. The maximum absolute atomic E-state index is 11.3. The monoisotopic (exact) mass is 365 g/mol. The summed E-state index contributed by atoms with van der Waals surface area (Å²) >= 11 is 2.02. The van der Waals surface area contributed by atoms with Crippen LogP contribution >= 0.6 is 22.6 Å². The highest BCUT2D eigenvalue weighted by molar-refractivity contribution is 14.1. The Labute approximate surface area is 118 Å². The van der Waals surface area contributed by atoms with Gasteiger partial charge in [0.25, 0.3) is 0 Å². The van der Waals surface area contributed by atoms with Crippen LogP contribution in [-0.4, -0.2) is 49.2 Å². The summed E-state index contributed by atoms with van der Waals surface area (Å²) in [5.41, 5.74) is 0. The first kappa shape index (κ1) is 14.6. The molecule has 0 aromatic carbocycles. The first-order valence-corrected chi connectivity index (χ1v) is 6.00. The first-order valence-electron chi connectivity index (χ1n) is 4.92. The minimum Gasteiger partial charge on any atom is -0.468 e. The molecule has 0 fully saturated rings. The van der Waals surface area contributed by atoms with Gasteiger partial charge in [0.05, 0.1) is 17.8 Å². The zero-order valence-electron chi connectivity index (χ0n) is 9.92. The average Bonchev–Trinajstić information content (AvgIpc) is 2.38. The molecule has 0 spiro atoms. The lowest BCUT2D eigenvalue weighted by Crippen LogP contribution is -2.36. The second-order valence-corrected chi connectivity index (χ2v) is 4.36. The van der Waals surface area contributed by atoms with Crippen LogP contribution in [-0.2, 0) is 19.1 Å². The molecule has 0 aliphatic rings. The molecule has 18 heavy (non-hydrogen) atoms. The first-order chi connectivity index (χ1) is 8.58. The summed E-state index contributed by atoms with van der Waals surface area (Å²) in [5.74, 6) is -0.442. The lowest BCUT2D eigenvalue weighted by atomic mass is 10.4. The van der Waals surface area contributed by atoms with Crippen molar-refractivity contribution in [3.05, 3.63) is 16.1 Å². The lowest BCUT2D eigenvalue weighted by molar-refractivity contribution is -0.140. The molecule has 0 aliphatic heterocycles. The maximum atomic E-state index is 11.3. The molecular formula is C10H12IN3O4. The lowest BCUT2D eigenvalue weighted by Gasteiger charge is -2.21. The Morgan fingerprint density at radius 1 is 1.28 bits per heavy atom. The number of hydrogen-bond acceptors (Lipinski definition) is 7. The number of anilines is 1. The summed E-state index contributed by atoms with van der Waals surface area (Å²) in [6, 6.07) is 0. The van der Waals surface area contributed by atoms with E-state index in [0.29, 0.717) is 5.82 Å². The van der Waals surface area contributed by atoms with E-state index >= 15 is 0 Å². The van der Waals surface area contributed by atoms with Crippen molar-refractivity contribution in [1.29, 1.82) is 0 Å². The van der Waals surface area contributed by atoms with Gasteiger partial charge in [-0.1, -0.05) is 0 Å². The predicted octanol–water partition coefficient (Wildman–Crippen LogP) is 0.234. The van der Waals surface area contributed by atoms with Crippen LogP contribution in [0.4, 0.5) is 5.82 Å². The van der Waals surface area contributed by atoms with E-state index in [0.717, 1.165) is 3.57 Å². The number of halogens is 1. The van der Waals surface area contributed by atoms with E-state index < -0.39 is 11.9 Å². The zero-order valence-corrected chi connectivity index (χ0v) is 12.1. The fourth-order valence-corrected chi connectivity index (χ4v) is 1.83. The van der Waals surface area contributed by atoms with Crippen molar-refractivity contribution in [2.24, 2.45) is 0 Å². The Hall–Kier alpha value is -1.45. The van der Waals surface area contributed by atoms with Crippen LogP contribution in [0.5, 0.6) is 0 Å². The summed E-state index contributed by atoms with van der Waals surface area (Å²) < 4.78 is 9.88. The Balaban J connectivity index is 2.93. The second-order valence-electron chi connectivity index (χ2n) is 3.20. The summed E-state index contributed by atoms with van der Waals surface area (Å²) in [5, 5.41) is 0. The van der Waals surface area contributed by atoms with Crippen molar-refractivity contribution in [2.75, 3.05) is 32.2 Å². The van der Waals surface area contributed by atoms with Crippen LogP contribution in [0.1, 0.15) is 0 Å². The van der Waals surface area contributed by atoms with Crippen LogP contribution < -0.4 is 4.90 Å². The quantitative estimate of drug-likeness (QED) is 0.546. The zero-order chi connectivity index (χ0) is 13.5. The van der Waals surface area contributed by atoms with Crippen LogP contribution in [0.15, 0.2) is 12.5 Å². The molecular weight excluding hydrogens is 353 g/mol. The van der Waals surface area contributed by atoms with Crippen molar-refractivity contribution in [3.63, 3.8) is 0 Å². The van der Waals surface area contributed by atoms with Crippen LogP contribution in [0.3, 0.4) is 0 Å². The van der Waals surface area contributed by atoms with Gasteiger partial charge in [-0.05, 0) is 22.6 Å². The smallest absolute Gasteiger partial charge is 0.325 e. The van der Waals surface area contributed by atoms with Gasteiger partial charge in [0.15, 0.2) is 0 Å². The maximum Gasteiger partial charge on any atom is 0.325 e. The molecule has 0 aliphatic carbocycles. The van der Waals surface area contributed by atoms with Crippen molar-refractivity contribution in [3.8, 4) is 0 Å². The van der Waals surface area contributed by atoms with Gasteiger partial charge in [-0.15, -0.1) is 0 Å². The summed E-state index contributed by atoms with van der Waals surface area (Å²) in [6.45, 7) is -0.169. The van der Waals surface area contributed by atoms with Crippen molar-refractivity contribution < 1.29 is 19.1 Å². The van der Waals surface area contributed by atoms with Gasteiger partial charge >= 0.3 is 11.9 Å². The third kappa shape index (κ3) is 4.09. The highest BCUT2D eigenvalue weighted by Crippen LogP contribution is 2.17. The number of esters is 2. The van der Waals surface area contributed by atoms with Crippen LogP contribution in [0, 0.1) is 3.57 Å². The molecule has 0 unspecified atom stereocenters. The van der Waals surface area contributed by atoms with Gasteiger partial charge in [0, 0.05) is 6.20 Å². The number of carbonyl (C=O) groups is 2. The topological polar surface area (TPSA) is 81.6 Å². The molecule has 98 valence electrons. The molecule has 1 rings (SSSR count). The number of nitrogens with zero attached hydrogens (tertiary/aromatic N) is 3. The molecule has 1 aromatic heterocycles. The number of hydrogen-bond donors (Lipinski definition) is 0. The number of rotatable bonds is 5. The highest BCUT2D eigenvalue weighted by Gasteiger charge is 2.19. The van der Waals surface area contributed by atoms with E-state index in [2.05, 4.69) is 19.4 Å². The van der Waals surface area contributed by atoms with Gasteiger partial charge < -0.3 is 14.4 Å². The second kappa shape index (κ2) is 7.09. The van der Waals surface area contributed by atoms with E-state index in [9.17, 15) is 9.59 Å². The Bertz CT molecular complexity index is 423. The standard InChI is InChI=1S/C10H12IN3O4/c1-17-8(15)4-14(5-9(16)18-2)10-7(11)3-12-6-13-10/h3,6H,4-5H2,1-2H3. The Kier molecular flexibility index (Phi) is 5.75. The average molecular weight is 365 g/mol. The number of aromatic nitrogens is 2. The number of ether oxygens (including phenoxy) is 2. The highest BCUT2D eigenvalue weighted by atomic mass is 127. The summed E-state index contributed by atoms with van der Waals surface area (Å²) in [6.07, 6.45) is 2.93. The largest absolute Gasteiger partial charge is 0.468 e. The molecule has 0 atom stereocenters. The van der Waals surface area contributed by atoms with Crippen molar-refractivity contribution in [2.45, 2.75) is 0 Å². The van der Waals surface area contributed by atoms with Crippen molar-refractivity contribution in [1.82, 2.24) is 9.97 Å². The van der Waals surface area contributed by atoms with Gasteiger partial charge in [-0.3, -0.25) is 9.59 Å². The molecule has 1 aromatic rings. The van der Waals surface area contributed by atoms with E-state index in [1.54, 1.807) is 6.20 Å². The molecule has 7 nitrogen and oxygen atoms in total. The Morgan fingerprint density at radius 2 is 1.83 bits per heavy atom. The summed E-state index contributed by atoms with van der Waals surface area (Å²) in [4.78, 5) is 32.0. The van der Waals surface area contributed by atoms with E-state index in [1.165, 1.54) is 25.4 Å². The van der Waals surface area contributed by atoms with E-state index in [-0.39, 0.29) is 13.1 Å². The van der Waals surface area contributed by atoms with Crippen molar-refractivity contribution >= 4 is 40.3 Å². The van der Waals surface area contributed by atoms with Gasteiger partial charge in [0.2, 0.25) is 0 Å². The molecule has 0 amide bonds. The molecule has 1 heterocycles. The third-order valence-corrected chi connectivity index (χ3v) is 2.80. The fraction of sp³-hybridized carbons (Fsp3) is 0.400. The van der Waals surface area contributed by atoms with Gasteiger partial charge in [-0.25, -0.2) is 9.97 Å². The molecule has 8 heteroatoms. The molecule has 0 saturated carbocycles. The minimum atomic E-state index is -0.465. The van der Waals surface area contributed by atoms with Crippen LogP contribution in [0.2, 0.25) is 0 Å². The molecule has 0 bridgehead atoms. The SMILES string of the molecule is COC(=O)CN(CC(=O)OC)c1ncncc1I.